The van der Waals surface area contributed by atoms with Crippen LogP contribution in [0.1, 0.15) is 30.3 Å². The van der Waals surface area contributed by atoms with E-state index in [0.717, 1.165) is 12.8 Å². The predicted octanol–water partition coefficient (Wildman–Crippen LogP) is 1.28. The molecule has 1 saturated heterocycles. The molecule has 7 heteroatoms. The van der Waals surface area contributed by atoms with E-state index >= 15 is 0 Å². The molecule has 1 aromatic heterocycles. The summed E-state index contributed by atoms with van der Waals surface area (Å²) in [6.07, 6.45) is 3.12. The second-order valence-corrected chi connectivity index (χ2v) is 5.62. The first-order valence-corrected chi connectivity index (χ1v) is 7.75. The summed E-state index contributed by atoms with van der Waals surface area (Å²) < 4.78 is 15.9. The Bertz CT molecular complexity index is 608. The van der Waals surface area contributed by atoms with Gasteiger partial charge >= 0.3 is 0 Å². The highest BCUT2D eigenvalue weighted by Gasteiger charge is 2.29. The van der Waals surface area contributed by atoms with Crippen LogP contribution in [0, 0.1) is 0 Å². The van der Waals surface area contributed by atoms with Crippen molar-refractivity contribution < 1.29 is 23.5 Å². The number of nitrogens with zero attached hydrogens (tertiary/aromatic N) is 1. The van der Waals surface area contributed by atoms with Crippen LogP contribution in [-0.2, 0) is 14.3 Å². The van der Waals surface area contributed by atoms with Crippen LogP contribution in [0.4, 0.5) is 0 Å². The van der Waals surface area contributed by atoms with Crippen molar-refractivity contribution in [3.05, 3.63) is 35.7 Å². The third kappa shape index (κ3) is 3.49. The number of allylic oxidation sites excluding steroid dienone is 1. The lowest BCUT2D eigenvalue weighted by Gasteiger charge is -2.33. The molecule has 0 aromatic carbocycles. The molecule has 0 radical (unpaired) electrons. The van der Waals surface area contributed by atoms with Gasteiger partial charge in [-0.15, -0.1) is 0 Å². The summed E-state index contributed by atoms with van der Waals surface area (Å²) in [6, 6.07) is 3.22. The second-order valence-electron chi connectivity index (χ2n) is 5.62. The number of nitrogens with one attached hydrogen (secondary N) is 1. The van der Waals surface area contributed by atoms with Crippen molar-refractivity contribution in [2.75, 3.05) is 26.3 Å². The van der Waals surface area contributed by atoms with Crippen LogP contribution >= 0.6 is 0 Å². The van der Waals surface area contributed by atoms with Crippen molar-refractivity contribution in [2.45, 2.75) is 25.8 Å². The maximum Gasteiger partial charge on any atom is 0.290 e. The SMILES string of the molecule is CC1=C(C(=O)NC2CCCN(C(=O)c3ccco3)C2)OCCO1. The van der Waals surface area contributed by atoms with Crippen molar-refractivity contribution in [1.82, 2.24) is 10.2 Å². The first-order valence-electron chi connectivity index (χ1n) is 7.75. The van der Waals surface area contributed by atoms with E-state index in [-0.39, 0.29) is 23.6 Å². The van der Waals surface area contributed by atoms with E-state index in [0.29, 0.717) is 37.8 Å². The molecule has 7 nitrogen and oxygen atoms in total. The molecule has 3 heterocycles. The summed E-state index contributed by atoms with van der Waals surface area (Å²) in [5.41, 5.74) is 0. The van der Waals surface area contributed by atoms with Gasteiger partial charge in [0.1, 0.15) is 19.0 Å². The summed E-state index contributed by atoms with van der Waals surface area (Å²) in [5, 5.41) is 2.92. The van der Waals surface area contributed by atoms with Crippen LogP contribution < -0.4 is 5.32 Å². The molecule has 3 rings (SSSR count). The number of piperidine rings is 1. The Labute approximate surface area is 134 Å². The molecule has 1 atom stereocenters. The fraction of sp³-hybridized carbons (Fsp3) is 0.500. The first-order chi connectivity index (χ1) is 11.1. The largest absolute Gasteiger partial charge is 0.491 e. The molecule has 0 saturated carbocycles. The monoisotopic (exact) mass is 320 g/mol. The zero-order chi connectivity index (χ0) is 16.2. The van der Waals surface area contributed by atoms with Crippen LogP contribution in [0.5, 0.6) is 0 Å². The Hall–Kier alpha value is -2.44. The van der Waals surface area contributed by atoms with Crippen molar-refractivity contribution in [3.63, 3.8) is 0 Å². The number of carbonyl (C=O) groups excluding carboxylic acids is 2. The number of hydrogen-bond donors (Lipinski definition) is 1. The Kier molecular flexibility index (Phi) is 4.55. The van der Waals surface area contributed by atoms with Gasteiger partial charge < -0.3 is 24.1 Å². The van der Waals surface area contributed by atoms with E-state index in [1.807, 2.05) is 0 Å². The van der Waals surface area contributed by atoms with Crippen molar-refractivity contribution in [2.24, 2.45) is 0 Å². The van der Waals surface area contributed by atoms with Gasteiger partial charge in [-0.25, -0.2) is 0 Å². The Balaban J connectivity index is 1.60. The zero-order valence-corrected chi connectivity index (χ0v) is 13.0. The predicted molar refractivity (Wildman–Crippen MR) is 80.4 cm³/mol. The normalized spacial score (nSPS) is 21.4. The number of amides is 2. The minimum Gasteiger partial charge on any atom is -0.491 e. The zero-order valence-electron chi connectivity index (χ0n) is 13.0. The minimum absolute atomic E-state index is 0.110. The number of hydrogen-bond acceptors (Lipinski definition) is 5. The number of likely N-dealkylation sites (tertiary alicyclic amines) is 1. The number of rotatable bonds is 3. The van der Waals surface area contributed by atoms with Gasteiger partial charge in [-0.2, -0.15) is 0 Å². The van der Waals surface area contributed by atoms with Crippen LogP contribution in [0.15, 0.2) is 34.3 Å². The van der Waals surface area contributed by atoms with E-state index < -0.39 is 0 Å². The lowest BCUT2D eigenvalue weighted by atomic mass is 10.1. The minimum atomic E-state index is -0.292. The average molecular weight is 320 g/mol. The van der Waals surface area contributed by atoms with Crippen LogP contribution in [0.25, 0.3) is 0 Å². The number of ether oxygens (including phenoxy) is 2. The van der Waals surface area contributed by atoms with Crippen LogP contribution in [-0.4, -0.2) is 49.1 Å². The highest BCUT2D eigenvalue weighted by Crippen LogP contribution is 2.17. The fourth-order valence-corrected chi connectivity index (χ4v) is 2.82. The van der Waals surface area contributed by atoms with Gasteiger partial charge in [0.15, 0.2) is 5.76 Å². The van der Waals surface area contributed by atoms with Crippen molar-refractivity contribution in [3.8, 4) is 0 Å². The molecule has 2 aliphatic heterocycles. The van der Waals surface area contributed by atoms with Gasteiger partial charge in [0, 0.05) is 19.1 Å². The molecule has 1 aromatic rings. The van der Waals surface area contributed by atoms with Gasteiger partial charge in [0.2, 0.25) is 5.76 Å². The van der Waals surface area contributed by atoms with E-state index in [4.69, 9.17) is 13.9 Å². The Morgan fingerprint density at radius 2 is 2.13 bits per heavy atom. The summed E-state index contributed by atoms with van der Waals surface area (Å²) in [4.78, 5) is 26.3. The molecule has 2 aliphatic rings. The third-order valence-corrected chi connectivity index (χ3v) is 3.95. The van der Waals surface area contributed by atoms with Crippen molar-refractivity contribution >= 4 is 11.8 Å². The summed E-state index contributed by atoms with van der Waals surface area (Å²) >= 11 is 0. The quantitative estimate of drug-likeness (QED) is 0.907. The van der Waals surface area contributed by atoms with Gasteiger partial charge in [0.05, 0.1) is 6.26 Å². The summed E-state index contributed by atoms with van der Waals surface area (Å²) in [6.45, 7) is 3.65. The molecule has 2 amide bonds. The maximum atomic E-state index is 12.3. The van der Waals surface area contributed by atoms with Crippen LogP contribution in [0.2, 0.25) is 0 Å². The number of furan rings is 1. The van der Waals surface area contributed by atoms with E-state index in [1.165, 1.54) is 6.26 Å². The topological polar surface area (TPSA) is 81.0 Å². The lowest BCUT2D eigenvalue weighted by Crippen LogP contribution is -2.50. The van der Waals surface area contributed by atoms with Gasteiger partial charge in [-0.05, 0) is 31.9 Å². The van der Waals surface area contributed by atoms with E-state index in [9.17, 15) is 9.59 Å². The standard InChI is InChI=1S/C16H20N2O5/c1-11-14(23-9-8-21-11)15(19)17-12-4-2-6-18(10-12)16(20)13-5-3-7-22-13/h3,5,7,12H,2,4,6,8-10H2,1H3,(H,17,19). The maximum absolute atomic E-state index is 12.3. The van der Waals surface area contributed by atoms with Crippen molar-refractivity contribution in [1.29, 1.82) is 0 Å². The van der Waals surface area contributed by atoms with E-state index in [2.05, 4.69) is 5.32 Å². The van der Waals surface area contributed by atoms with Gasteiger partial charge in [0.25, 0.3) is 11.8 Å². The summed E-state index contributed by atoms with van der Waals surface area (Å²) in [7, 11) is 0. The van der Waals surface area contributed by atoms with Gasteiger partial charge in [-0.1, -0.05) is 0 Å². The van der Waals surface area contributed by atoms with Gasteiger partial charge in [-0.3, -0.25) is 9.59 Å². The number of carbonyl (C=O) groups is 2. The molecule has 124 valence electrons. The Morgan fingerprint density at radius 3 is 2.87 bits per heavy atom. The molecule has 0 spiro atoms. The highest BCUT2D eigenvalue weighted by atomic mass is 16.6. The molecule has 0 aliphatic carbocycles. The molecule has 1 fully saturated rings. The Morgan fingerprint density at radius 1 is 1.30 bits per heavy atom. The molecule has 0 bridgehead atoms. The third-order valence-electron chi connectivity index (χ3n) is 3.95. The molecular formula is C16H20N2O5. The van der Waals surface area contributed by atoms with Crippen LogP contribution in [0.3, 0.4) is 0 Å². The molecular weight excluding hydrogens is 300 g/mol. The highest BCUT2D eigenvalue weighted by molar-refractivity contribution is 5.93. The lowest BCUT2D eigenvalue weighted by molar-refractivity contribution is -0.123. The smallest absolute Gasteiger partial charge is 0.290 e. The fourth-order valence-electron chi connectivity index (χ4n) is 2.82. The van der Waals surface area contributed by atoms with E-state index in [1.54, 1.807) is 24.0 Å². The molecule has 23 heavy (non-hydrogen) atoms. The molecule has 1 unspecified atom stereocenters. The first kappa shape index (κ1) is 15.5. The second kappa shape index (κ2) is 6.76. The summed E-state index contributed by atoms with van der Waals surface area (Å²) in [5.74, 6) is 0.597. The molecule has 1 N–H and O–H groups in total. The average Bonchev–Trinajstić information content (AvgIpc) is 3.09.